The van der Waals surface area contributed by atoms with E-state index in [1.807, 2.05) is 0 Å². The monoisotopic (exact) mass is 244 g/mol. The molecule has 0 spiro atoms. The van der Waals surface area contributed by atoms with Crippen LogP contribution in [0.4, 0.5) is 5.69 Å². The van der Waals surface area contributed by atoms with E-state index in [4.69, 9.17) is 11.0 Å². The van der Waals surface area contributed by atoms with Gasteiger partial charge >= 0.3 is 0 Å². The lowest BCUT2D eigenvalue weighted by atomic mass is 10.2. The molecule has 1 heterocycles. The quantitative estimate of drug-likeness (QED) is 0.864. The van der Waals surface area contributed by atoms with Crippen molar-refractivity contribution in [2.45, 2.75) is 13.0 Å². The number of benzene rings is 1. The molecule has 18 heavy (non-hydrogen) atoms. The van der Waals surface area contributed by atoms with Gasteiger partial charge in [0.25, 0.3) is 0 Å². The van der Waals surface area contributed by atoms with Gasteiger partial charge in [-0.15, -0.1) is 0 Å². The molecule has 2 N–H and O–H groups in total. The Kier molecular flexibility index (Phi) is 4.57. The van der Waals surface area contributed by atoms with Gasteiger partial charge in [0, 0.05) is 51.4 Å². The number of nitrogens with zero attached hydrogens (tertiary/aromatic N) is 3. The Bertz CT molecular complexity index is 399. The largest absolute Gasteiger partial charge is 0.369 e. The van der Waals surface area contributed by atoms with E-state index < -0.39 is 0 Å². The van der Waals surface area contributed by atoms with E-state index in [1.165, 1.54) is 11.3 Å². The summed E-state index contributed by atoms with van der Waals surface area (Å²) in [4.78, 5) is 4.75. The Hall–Kier alpha value is -1.57. The highest BCUT2D eigenvalue weighted by Gasteiger charge is 2.16. The van der Waals surface area contributed by atoms with Crippen molar-refractivity contribution >= 4 is 5.69 Å². The number of anilines is 1. The molecule has 0 bridgehead atoms. The highest BCUT2D eigenvalue weighted by atomic mass is 15.3. The third kappa shape index (κ3) is 3.22. The Morgan fingerprint density at radius 2 is 1.78 bits per heavy atom. The zero-order valence-corrected chi connectivity index (χ0v) is 10.7. The molecule has 0 unspecified atom stereocenters. The van der Waals surface area contributed by atoms with E-state index in [0.717, 1.165) is 32.7 Å². The first-order valence-electron chi connectivity index (χ1n) is 6.47. The van der Waals surface area contributed by atoms with Crippen molar-refractivity contribution in [3.05, 3.63) is 29.8 Å². The topological polar surface area (TPSA) is 56.3 Å². The lowest BCUT2D eigenvalue weighted by molar-refractivity contribution is 0.263. The van der Waals surface area contributed by atoms with Crippen molar-refractivity contribution in [3.8, 4) is 6.07 Å². The standard InChI is InChI=1S/C14H20N4/c15-6-1-7-17-8-10-18(11-9-17)14-4-2-13(12-16)3-5-14/h2-5H,1,7-12,16H2. The minimum Gasteiger partial charge on any atom is -0.369 e. The highest BCUT2D eigenvalue weighted by Crippen LogP contribution is 2.17. The van der Waals surface area contributed by atoms with Gasteiger partial charge in [0.15, 0.2) is 0 Å². The van der Waals surface area contributed by atoms with Crippen LogP contribution in [0.15, 0.2) is 24.3 Å². The molecule has 0 aliphatic carbocycles. The molecular formula is C14H20N4. The molecule has 1 aliphatic rings. The molecule has 4 nitrogen and oxygen atoms in total. The van der Waals surface area contributed by atoms with Crippen molar-refractivity contribution < 1.29 is 0 Å². The van der Waals surface area contributed by atoms with Crippen molar-refractivity contribution in [3.63, 3.8) is 0 Å². The average molecular weight is 244 g/mol. The van der Waals surface area contributed by atoms with E-state index >= 15 is 0 Å². The molecule has 2 rings (SSSR count). The van der Waals surface area contributed by atoms with Gasteiger partial charge in [-0.2, -0.15) is 5.26 Å². The molecule has 0 amide bonds. The summed E-state index contributed by atoms with van der Waals surface area (Å²) in [5.41, 5.74) is 8.04. The molecule has 1 fully saturated rings. The maximum absolute atomic E-state index is 8.58. The zero-order chi connectivity index (χ0) is 12.8. The smallest absolute Gasteiger partial charge is 0.0635 e. The second-order valence-electron chi connectivity index (χ2n) is 4.61. The Labute approximate surface area is 109 Å². The maximum atomic E-state index is 8.58. The normalized spacial score (nSPS) is 16.6. The van der Waals surface area contributed by atoms with Crippen LogP contribution in [-0.2, 0) is 6.54 Å². The summed E-state index contributed by atoms with van der Waals surface area (Å²) in [7, 11) is 0. The van der Waals surface area contributed by atoms with Crippen LogP contribution in [0.25, 0.3) is 0 Å². The fourth-order valence-electron chi connectivity index (χ4n) is 2.28. The van der Waals surface area contributed by atoms with Gasteiger partial charge in [-0.05, 0) is 17.7 Å². The fourth-order valence-corrected chi connectivity index (χ4v) is 2.28. The molecular weight excluding hydrogens is 224 g/mol. The van der Waals surface area contributed by atoms with E-state index in [9.17, 15) is 0 Å². The summed E-state index contributed by atoms with van der Waals surface area (Å²) in [5, 5.41) is 8.58. The van der Waals surface area contributed by atoms with Crippen LogP contribution in [-0.4, -0.2) is 37.6 Å². The Morgan fingerprint density at radius 3 is 2.33 bits per heavy atom. The molecule has 4 heteroatoms. The summed E-state index contributed by atoms with van der Waals surface area (Å²) in [6, 6.07) is 10.7. The molecule has 1 aromatic rings. The van der Waals surface area contributed by atoms with Gasteiger partial charge in [-0.25, -0.2) is 0 Å². The molecule has 1 aromatic carbocycles. The average Bonchev–Trinajstić information content (AvgIpc) is 2.46. The van der Waals surface area contributed by atoms with E-state index in [-0.39, 0.29) is 0 Å². The first kappa shape index (κ1) is 12.9. The molecule has 1 aliphatic heterocycles. The third-order valence-electron chi connectivity index (χ3n) is 3.45. The number of rotatable bonds is 4. The SMILES string of the molecule is N#CCCN1CCN(c2ccc(CN)cc2)CC1. The van der Waals surface area contributed by atoms with Crippen LogP contribution in [0.5, 0.6) is 0 Å². The highest BCUT2D eigenvalue weighted by molar-refractivity contribution is 5.48. The van der Waals surface area contributed by atoms with E-state index in [2.05, 4.69) is 40.1 Å². The van der Waals surface area contributed by atoms with Crippen molar-refractivity contribution in [2.24, 2.45) is 5.73 Å². The number of nitrogens with two attached hydrogens (primary N) is 1. The fraction of sp³-hybridized carbons (Fsp3) is 0.500. The first-order valence-corrected chi connectivity index (χ1v) is 6.47. The molecule has 0 radical (unpaired) electrons. The van der Waals surface area contributed by atoms with Crippen LogP contribution in [0.2, 0.25) is 0 Å². The van der Waals surface area contributed by atoms with Gasteiger partial charge in [0.05, 0.1) is 6.07 Å². The van der Waals surface area contributed by atoms with Gasteiger partial charge < -0.3 is 10.6 Å². The van der Waals surface area contributed by atoms with Crippen molar-refractivity contribution in [1.29, 1.82) is 5.26 Å². The van der Waals surface area contributed by atoms with Crippen LogP contribution in [0.3, 0.4) is 0 Å². The number of nitriles is 1. The molecule has 1 saturated heterocycles. The minimum atomic E-state index is 0.599. The predicted octanol–water partition coefficient (Wildman–Crippen LogP) is 1.18. The molecule has 96 valence electrons. The lowest BCUT2D eigenvalue weighted by Gasteiger charge is -2.35. The maximum Gasteiger partial charge on any atom is 0.0635 e. The zero-order valence-electron chi connectivity index (χ0n) is 10.7. The van der Waals surface area contributed by atoms with Crippen molar-refractivity contribution in [2.75, 3.05) is 37.6 Å². The van der Waals surface area contributed by atoms with Gasteiger partial charge in [0.1, 0.15) is 0 Å². The van der Waals surface area contributed by atoms with Gasteiger partial charge in [-0.1, -0.05) is 12.1 Å². The molecule has 0 aromatic heterocycles. The second kappa shape index (κ2) is 6.39. The lowest BCUT2D eigenvalue weighted by Crippen LogP contribution is -2.46. The van der Waals surface area contributed by atoms with Crippen molar-refractivity contribution in [1.82, 2.24) is 4.90 Å². The summed E-state index contributed by atoms with van der Waals surface area (Å²) in [6.45, 7) is 5.65. The summed E-state index contributed by atoms with van der Waals surface area (Å²) in [6.07, 6.45) is 0.630. The molecule has 0 atom stereocenters. The number of piperazine rings is 1. The third-order valence-corrected chi connectivity index (χ3v) is 3.45. The van der Waals surface area contributed by atoms with Gasteiger partial charge in [0.2, 0.25) is 0 Å². The Morgan fingerprint density at radius 1 is 1.11 bits per heavy atom. The van der Waals surface area contributed by atoms with Crippen LogP contribution >= 0.6 is 0 Å². The van der Waals surface area contributed by atoms with Crippen LogP contribution in [0, 0.1) is 11.3 Å². The van der Waals surface area contributed by atoms with Crippen LogP contribution in [0.1, 0.15) is 12.0 Å². The predicted molar refractivity (Wildman–Crippen MR) is 73.2 cm³/mol. The Balaban J connectivity index is 1.87. The molecule has 0 saturated carbocycles. The van der Waals surface area contributed by atoms with E-state index in [0.29, 0.717) is 13.0 Å². The summed E-state index contributed by atoms with van der Waals surface area (Å²) >= 11 is 0. The summed E-state index contributed by atoms with van der Waals surface area (Å²) < 4.78 is 0. The minimum absolute atomic E-state index is 0.599. The second-order valence-corrected chi connectivity index (χ2v) is 4.61. The van der Waals surface area contributed by atoms with Gasteiger partial charge in [-0.3, -0.25) is 4.90 Å². The first-order chi connectivity index (χ1) is 8.83. The summed E-state index contributed by atoms with van der Waals surface area (Å²) in [5.74, 6) is 0. The van der Waals surface area contributed by atoms with Crippen LogP contribution < -0.4 is 10.6 Å². The number of hydrogen-bond donors (Lipinski definition) is 1. The number of hydrogen-bond acceptors (Lipinski definition) is 4. The van der Waals surface area contributed by atoms with E-state index in [1.54, 1.807) is 0 Å².